The number of amides is 1. The number of furan rings is 1. The van der Waals surface area contributed by atoms with Crippen LogP contribution in [0.4, 0.5) is 0 Å². The first kappa shape index (κ1) is 13.9. The molecule has 2 heterocycles. The van der Waals surface area contributed by atoms with Crippen molar-refractivity contribution >= 4 is 5.91 Å². The van der Waals surface area contributed by atoms with Gasteiger partial charge in [0.15, 0.2) is 5.76 Å². The molecule has 0 unspecified atom stereocenters. The van der Waals surface area contributed by atoms with Gasteiger partial charge in [-0.3, -0.25) is 9.48 Å². The Kier molecular flexibility index (Phi) is 4.08. The Morgan fingerprint density at radius 1 is 1.48 bits per heavy atom. The van der Waals surface area contributed by atoms with Crippen molar-refractivity contribution in [2.75, 3.05) is 0 Å². The molecule has 1 aliphatic rings. The number of nitrogens with zero attached hydrogens (tertiary/aromatic N) is 2. The molecule has 1 saturated carbocycles. The summed E-state index contributed by atoms with van der Waals surface area (Å²) in [6.45, 7) is 0.472. The van der Waals surface area contributed by atoms with Gasteiger partial charge in [0.1, 0.15) is 5.69 Å². The van der Waals surface area contributed by atoms with Crippen molar-refractivity contribution in [2.45, 2.75) is 38.6 Å². The topological polar surface area (TPSA) is 60.1 Å². The molecule has 1 N–H and O–H groups in total. The van der Waals surface area contributed by atoms with Gasteiger partial charge in [0.2, 0.25) is 5.91 Å². The van der Waals surface area contributed by atoms with Crippen LogP contribution in [0.5, 0.6) is 0 Å². The molecule has 0 aliphatic heterocycles. The molecule has 0 bridgehead atoms. The average molecular weight is 287 g/mol. The summed E-state index contributed by atoms with van der Waals surface area (Å²) in [5, 5.41) is 7.38. The fourth-order valence-electron chi connectivity index (χ4n) is 3.01. The van der Waals surface area contributed by atoms with Crippen molar-refractivity contribution in [2.24, 2.45) is 13.0 Å². The number of hydrogen-bond donors (Lipinski definition) is 1. The molecule has 2 aromatic heterocycles. The number of nitrogens with one attached hydrogen (secondary N) is 1. The van der Waals surface area contributed by atoms with Gasteiger partial charge in [-0.25, -0.2) is 0 Å². The molecule has 0 atom stereocenters. The molecular formula is C16H21N3O2. The first-order chi connectivity index (χ1) is 10.2. The van der Waals surface area contributed by atoms with Crippen LogP contribution >= 0.6 is 0 Å². The van der Waals surface area contributed by atoms with E-state index in [0.29, 0.717) is 18.9 Å². The number of carbonyl (C=O) groups is 1. The van der Waals surface area contributed by atoms with Crippen LogP contribution < -0.4 is 5.32 Å². The maximum absolute atomic E-state index is 11.9. The fourth-order valence-corrected chi connectivity index (χ4v) is 3.01. The zero-order chi connectivity index (χ0) is 14.7. The van der Waals surface area contributed by atoms with Crippen LogP contribution in [0.1, 0.15) is 37.8 Å². The monoisotopic (exact) mass is 287 g/mol. The molecule has 5 nitrogen and oxygen atoms in total. The number of aromatic nitrogens is 2. The van der Waals surface area contributed by atoms with Gasteiger partial charge in [-0.1, -0.05) is 12.8 Å². The van der Waals surface area contributed by atoms with E-state index in [4.69, 9.17) is 4.42 Å². The van der Waals surface area contributed by atoms with Gasteiger partial charge in [-0.2, -0.15) is 5.10 Å². The maximum Gasteiger partial charge on any atom is 0.220 e. The van der Waals surface area contributed by atoms with Crippen molar-refractivity contribution in [3.63, 3.8) is 0 Å². The van der Waals surface area contributed by atoms with E-state index in [1.165, 1.54) is 25.7 Å². The lowest BCUT2D eigenvalue weighted by molar-refractivity contribution is -0.122. The Balaban J connectivity index is 1.56. The van der Waals surface area contributed by atoms with Crippen LogP contribution in [-0.2, 0) is 18.4 Å². The Hall–Kier alpha value is -2.04. The van der Waals surface area contributed by atoms with E-state index in [-0.39, 0.29) is 5.91 Å². The van der Waals surface area contributed by atoms with E-state index in [1.54, 1.807) is 10.9 Å². The smallest absolute Gasteiger partial charge is 0.220 e. The highest BCUT2D eigenvalue weighted by molar-refractivity contribution is 5.76. The zero-order valence-corrected chi connectivity index (χ0v) is 12.3. The minimum Gasteiger partial charge on any atom is -0.463 e. The van der Waals surface area contributed by atoms with Crippen molar-refractivity contribution in [1.29, 1.82) is 0 Å². The standard InChI is InChI=1S/C16H21N3O2/c1-19-14(15-7-4-8-21-15)10-13(18-19)11-17-16(20)9-12-5-2-3-6-12/h4,7-8,10,12H,2-3,5-6,9,11H2,1H3,(H,17,20). The minimum absolute atomic E-state index is 0.132. The van der Waals surface area contributed by atoms with E-state index in [0.717, 1.165) is 17.1 Å². The van der Waals surface area contributed by atoms with E-state index in [1.807, 2.05) is 25.2 Å². The molecule has 2 aromatic rings. The predicted octanol–water partition coefficient (Wildman–Crippen LogP) is 2.88. The van der Waals surface area contributed by atoms with Crippen LogP contribution in [0.25, 0.3) is 11.5 Å². The summed E-state index contributed by atoms with van der Waals surface area (Å²) in [5.41, 5.74) is 1.77. The van der Waals surface area contributed by atoms with Crippen molar-refractivity contribution in [3.05, 3.63) is 30.2 Å². The molecule has 112 valence electrons. The third-order valence-electron chi connectivity index (χ3n) is 4.12. The summed E-state index contributed by atoms with van der Waals surface area (Å²) in [6, 6.07) is 5.71. The highest BCUT2D eigenvalue weighted by Crippen LogP contribution is 2.27. The van der Waals surface area contributed by atoms with Crippen molar-refractivity contribution in [1.82, 2.24) is 15.1 Å². The van der Waals surface area contributed by atoms with Gasteiger partial charge < -0.3 is 9.73 Å². The lowest BCUT2D eigenvalue weighted by Crippen LogP contribution is -2.24. The second kappa shape index (κ2) is 6.16. The SMILES string of the molecule is Cn1nc(CNC(=O)CC2CCCC2)cc1-c1ccco1. The van der Waals surface area contributed by atoms with Crippen molar-refractivity contribution in [3.8, 4) is 11.5 Å². The molecule has 1 aliphatic carbocycles. The van der Waals surface area contributed by atoms with E-state index >= 15 is 0 Å². The summed E-state index contributed by atoms with van der Waals surface area (Å²) in [4.78, 5) is 11.9. The van der Waals surface area contributed by atoms with Gasteiger partial charge >= 0.3 is 0 Å². The molecule has 0 saturated heterocycles. The molecule has 1 fully saturated rings. The van der Waals surface area contributed by atoms with E-state index < -0.39 is 0 Å². The normalized spacial score (nSPS) is 15.5. The van der Waals surface area contributed by atoms with Crippen LogP contribution in [0.15, 0.2) is 28.9 Å². The molecule has 0 spiro atoms. The first-order valence-corrected chi connectivity index (χ1v) is 7.56. The lowest BCUT2D eigenvalue weighted by Gasteiger charge is -2.08. The van der Waals surface area contributed by atoms with Gasteiger partial charge in [0.05, 0.1) is 18.5 Å². The second-order valence-electron chi connectivity index (χ2n) is 5.75. The summed E-state index contributed by atoms with van der Waals surface area (Å²) in [6.07, 6.45) is 7.22. The zero-order valence-electron chi connectivity index (χ0n) is 12.3. The quantitative estimate of drug-likeness (QED) is 0.920. The van der Waals surface area contributed by atoms with Crippen LogP contribution in [0.3, 0.4) is 0 Å². The highest BCUT2D eigenvalue weighted by atomic mass is 16.3. The van der Waals surface area contributed by atoms with Crippen LogP contribution in [0, 0.1) is 5.92 Å². The van der Waals surface area contributed by atoms with E-state index in [2.05, 4.69) is 10.4 Å². The number of aryl methyl sites for hydroxylation is 1. The fraction of sp³-hybridized carbons (Fsp3) is 0.500. The predicted molar refractivity (Wildman–Crippen MR) is 79.3 cm³/mol. The highest BCUT2D eigenvalue weighted by Gasteiger charge is 2.18. The number of carbonyl (C=O) groups excluding carboxylic acids is 1. The van der Waals surface area contributed by atoms with E-state index in [9.17, 15) is 4.79 Å². The minimum atomic E-state index is 0.132. The lowest BCUT2D eigenvalue weighted by atomic mass is 10.0. The Labute approximate surface area is 124 Å². The van der Waals surface area contributed by atoms with Gasteiger partial charge in [0.25, 0.3) is 0 Å². The maximum atomic E-state index is 11.9. The average Bonchev–Trinajstić information content (AvgIpc) is 3.17. The Morgan fingerprint density at radius 2 is 2.29 bits per heavy atom. The van der Waals surface area contributed by atoms with Crippen molar-refractivity contribution < 1.29 is 9.21 Å². The Morgan fingerprint density at radius 3 is 3.00 bits per heavy atom. The third-order valence-corrected chi connectivity index (χ3v) is 4.12. The number of hydrogen-bond acceptors (Lipinski definition) is 3. The Bertz CT molecular complexity index is 595. The summed E-state index contributed by atoms with van der Waals surface area (Å²) in [7, 11) is 1.88. The van der Waals surface area contributed by atoms with Gasteiger partial charge in [0, 0.05) is 13.5 Å². The molecule has 3 rings (SSSR count). The third kappa shape index (κ3) is 3.35. The molecular weight excluding hydrogens is 266 g/mol. The molecule has 1 amide bonds. The summed E-state index contributed by atoms with van der Waals surface area (Å²) >= 11 is 0. The van der Waals surface area contributed by atoms with Crippen LogP contribution in [-0.4, -0.2) is 15.7 Å². The van der Waals surface area contributed by atoms with Gasteiger partial charge in [-0.05, 0) is 37.0 Å². The number of rotatable bonds is 5. The van der Waals surface area contributed by atoms with Gasteiger partial charge in [-0.15, -0.1) is 0 Å². The first-order valence-electron chi connectivity index (χ1n) is 7.56. The summed E-state index contributed by atoms with van der Waals surface area (Å²) < 4.78 is 7.15. The molecule has 0 aromatic carbocycles. The summed E-state index contributed by atoms with van der Waals surface area (Å²) in [5.74, 6) is 1.49. The van der Waals surface area contributed by atoms with Crippen LogP contribution in [0.2, 0.25) is 0 Å². The second-order valence-corrected chi connectivity index (χ2v) is 5.75. The molecule has 5 heteroatoms. The molecule has 21 heavy (non-hydrogen) atoms. The molecule has 0 radical (unpaired) electrons. The largest absolute Gasteiger partial charge is 0.463 e.